The van der Waals surface area contributed by atoms with Crippen molar-refractivity contribution < 1.29 is 22.7 Å². The lowest BCUT2D eigenvalue weighted by atomic mass is 10.0. The Morgan fingerprint density at radius 3 is 2.75 bits per heavy atom. The molecule has 2 rings (SSSR count). The highest BCUT2D eigenvalue weighted by molar-refractivity contribution is 5.82. The zero-order valence-corrected chi connectivity index (χ0v) is 11.6. The first-order valence-electron chi connectivity index (χ1n) is 7.10. The number of nitrogens with zero attached hydrogens (tertiary/aromatic N) is 1. The Morgan fingerprint density at radius 1 is 1.40 bits per heavy atom. The fraction of sp³-hybridized carbons (Fsp3) is 0.923. The van der Waals surface area contributed by atoms with E-state index >= 15 is 0 Å². The molecule has 4 nitrogen and oxygen atoms in total. The summed E-state index contributed by atoms with van der Waals surface area (Å²) in [5.41, 5.74) is 0. The summed E-state index contributed by atoms with van der Waals surface area (Å²) in [6.07, 6.45) is -1.17. The van der Waals surface area contributed by atoms with E-state index < -0.39 is 24.7 Å². The van der Waals surface area contributed by atoms with Crippen LogP contribution in [0.5, 0.6) is 0 Å². The molecule has 2 aliphatic rings. The van der Waals surface area contributed by atoms with E-state index in [0.29, 0.717) is 12.8 Å². The molecule has 116 valence electrons. The van der Waals surface area contributed by atoms with Gasteiger partial charge in [-0.05, 0) is 32.6 Å². The molecule has 0 aromatic rings. The third kappa shape index (κ3) is 4.09. The fourth-order valence-corrected chi connectivity index (χ4v) is 2.89. The standard InChI is InChI=1S/C13H21F3N2O2/c1-9(11-5-3-7-20-11)17-10-4-2-6-18(12(10)19)8-13(14,15)16/h9-11,17H,2-8H2,1H3/t9-,10+,11+/m0/s1. The molecule has 1 amide bonds. The van der Waals surface area contributed by atoms with Crippen LogP contribution in [0.25, 0.3) is 0 Å². The van der Waals surface area contributed by atoms with Crippen molar-refractivity contribution in [1.82, 2.24) is 10.2 Å². The summed E-state index contributed by atoms with van der Waals surface area (Å²) in [5, 5.41) is 3.14. The molecule has 0 saturated carbocycles. The molecular formula is C13H21F3N2O2. The van der Waals surface area contributed by atoms with Gasteiger partial charge in [-0.15, -0.1) is 0 Å². The first-order valence-corrected chi connectivity index (χ1v) is 7.10. The SMILES string of the molecule is C[C@H](N[C@@H]1CCCN(CC(F)(F)F)C1=O)[C@H]1CCCO1. The molecule has 2 saturated heterocycles. The average Bonchev–Trinajstić information content (AvgIpc) is 2.86. The number of hydrogen-bond acceptors (Lipinski definition) is 3. The number of ether oxygens (including phenoxy) is 1. The number of carbonyl (C=O) groups is 1. The van der Waals surface area contributed by atoms with Crippen LogP contribution < -0.4 is 5.32 Å². The van der Waals surface area contributed by atoms with Gasteiger partial charge in [0, 0.05) is 19.2 Å². The summed E-state index contributed by atoms with van der Waals surface area (Å²) in [6, 6.07) is -0.539. The first-order chi connectivity index (χ1) is 9.37. The largest absolute Gasteiger partial charge is 0.406 e. The van der Waals surface area contributed by atoms with Gasteiger partial charge in [-0.2, -0.15) is 13.2 Å². The number of likely N-dealkylation sites (tertiary alicyclic amines) is 1. The predicted molar refractivity (Wildman–Crippen MR) is 67.2 cm³/mol. The van der Waals surface area contributed by atoms with E-state index in [0.717, 1.165) is 24.3 Å². The van der Waals surface area contributed by atoms with Crippen molar-refractivity contribution in [1.29, 1.82) is 0 Å². The number of alkyl halides is 3. The maximum atomic E-state index is 12.4. The predicted octanol–water partition coefficient (Wildman–Crippen LogP) is 1.70. The summed E-state index contributed by atoms with van der Waals surface area (Å²) < 4.78 is 42.8. The number of nitrogens with one attached hydrogen (secondary N) is 1. The topological polar surface area (TPSA) is 41.6 Å². The van der Waals surface area contributed by atoms with E-state index in [2.05, 4.69) is 5.32 Å². The van der Waals surface area contributed by atoms with Gasteiger partial charge in [-0.25, -0.2) is 0 Å². The number of hydrogen-bond donors (Lipinski definition) is 1. The van der Waals surface area contributed by atoms with Crippen molar-refractivity contribution in [2.75, 3.05) is 19.7 Å². The van der Waals surface area contributed by atoms with Crippen molar-refractivity contribution >= 4 is 5.91 Å². The third-order valence-corrected chi connectivity index (χ3v) is 3.89. The Labute approximate surface area is 116 Å². The van der Waals surface area contributed by atoms with E-state index in [-0.39, 0.29) is 18.7 Å². The van der Waals surface area contributed by atoms with Crippen molar-refractivity contribution in [2.45, 2.75) is 57.0 Å². The zero-order chi connectivity index (χ0) is 14.8. The first kappa shape index (κ1) is 15.6. The molecule has 7 heteroatoms. The lowest BCUT2D eigenvalue weighted by Crippen LogP contribution is -2.56. The van der Waals surface area contributed by atoms with Crippen LogP contribution in [-0.4, -0.2) is 54.9 Å². The molecule has 0 radical (unpaired) electrons. The van der Waals surface area contributed by atoms with Crippen LogP contribution in [-0.2, 0) is 9.53 Å². The van der Waals surface area contributed by atoms with Gasteiger partial charge < -0.3 is 15.0 Å². The number of carbonyl (C=O) groups excluding carboxylic acids is 1. The quantitative estimate of drug-likeness (QED) is 0.858. The van der Waals surface area contributed by atoms with Gasteiger partial charge in [-0.3, -0.25) is 4.79 Å². The van der Waals surface area contributed by atoms with Crippen LogP contribution in [0.15, 0.2) is 0 Å². The Morgan fingerprint density at radius 2 is 2.15 bits per heavy atom. The highest BCUT2D eigenvalue weighted by atomic mass is 19.4. The van der Waals surface area contributed by atoms with E-state index in [1.54, 1.807) is 0 Å². The Kier molecular flexibility index (Phi) is 4.90. The van der Waals surface area contributed by atoms with Gasteiger partial charge in [0.15, 0.2) is 0 Å². The van der Waals surface area contributed by atoms with Gasteiger partial charge in [0.05, 0.1) is 12.1 Å². The Bertz CT molecular complexity index is 343. The van der Waals surface area contributed by atoms with Crippen LogP contribution in [0, 0.1) is 0 Å². The van der Waals surface area contributed by atoms with Crippen molar-refractivity contribution in [3.8, 4) is 0 Å². The molecule has 0 spiro atoms. The summed E-state index contributed by atoms with van der Waals surface area (Å²) in [6.45, 7) is 1.67. The molecule has 0 aliphatic carbocycles. The fourth-order valence-electron chi connectivity index (χ4n) is 2.89. The monoisotopic (exact) mass is 294 g/mol. The lowest BCUT2D eigenvalue weighted by molar-refractivity contribution is -0.165. The molecule has 2 aliphatic heterocycles. The highest BCUT2D eigenvalue weighted by Gasteiger charge is 2.38. The minimum absolute atomic E-state index is 0.0164. The highest BCUT2D eigenvalue weighted by Crippen LogP contribution is 2.22. The maximum absolute atomic E-state index is 12.4. The molecule has 0 unspecified atom stereocenters. The number of halogens is 3. The third-order valence-electron chi connectivity index (χ3n) is 3.89. The number of rotatable bonds is 4. The minimum atomic E-state index is -4.34. The molecule has 20 heavy (non-hydrogen) atoms. The Hall–Kier alpha value is -0.820. The molecule has 3 atom stereocenters. The van der Waals surface area contributed by atoms with Crippen LogP contribution in [0.4, 0.5) is 13.2 Å². The van der Waals surface area contributed by atoms with E-state index in [1.165, 1.54) is 0 Å². The number of piperidine rings is 1. The van der Waals surface area contributed by atoms with Crippen LogP contribution >= 0.6 is 0 Å². The molecule has 0 bridgehead atoms. The molecule has 2 fully saturated rings. The molecule has 2 heterocycles. The summed E-state index contributed by atoms with van der Waals surface area (Å²) in [7, 11) is 0. The second-order valence-corrected chi connectivity index (χ2v) is 5.58. The summed E-state index contributed by atoms with van der Waals surface area (Å²) in [4.78, 5) is 13.0. The smallest absolute Gasteiger partial charge is 0.377 e. The van der Waals surface area contributed by atoms with E-state index in [1.807, 2.05) is 6.92 Å². The minimum Gasteiger partial charge on any atom is -0.377 e. The van der Waals surface area contributed by atoms with Crippen LogP contribution in [0.2, 0.25) is 0 Å². The maximum Gasteiger partial charge on any atom is 0.406 e. The average molecular weight is 294 g/mol. The van der Waals surface area contributed by atoms with Crippen LogP contribution in [0.1, 0.15) is 32.6 Å². The van der Waals surface area contributed by atoms with E-state index in [9.17, 15) is 18.0 Å². The lowest BCUT2D eigenvalue weighted by Gasteiger charge is -2.35. The molecule has 0 aromatic heterocycles. The zero-order valence-electron chi connectivity index (χ0n) is 11.6. The van der Waals surface area contributed by atoms with Gasteiger partial charge in [0.25, 0.3) is 0 Å². The Balaban J connectivity index is 1.89. The van der Waals surface area contributed by atoms with Gasteiger partial charge in [-0.1, -0.05) is 0 Å². The number of amides is 1. The molecule has 0 aromatic carbocycles. The van der Waals surface area contributed by atoms with Gasteiger partial charge in [0.2, 0.25) is 5.91 Å². The van der Waals surface area contributed by atoms with Crippen molar-refractivity contribution in [3.05, 3.63) is 0 Å². The second-order valence-electron chi connectivity index (χ2n) is 5.58. The normalized spacial score (nSPS) is 29.8. The molecular weight excluding hydrogens is 273 g/mol. The van der Waals surface area contributed by atoms with Crippen molar-refractivity contribution in [3.63, 3.8) is 0 Å². The molecule has 1 N–H and O–H groups in total. The van der Waals surface area contributed by atoms with Crippen molar-refractivity contribution in [2.24, 2.45) is 0 Å². The van der Waals surface area contributed by atoms with E-state index in [4.69, 9.17) is 4.74 Å². The summed E-state index contributed by atoms with van der Waals surface area (Å²) >= 11 is 0. The van der Waals surface area contributed by atoms with Gasteiger partial charge >= 0.3 is 6.18 Å². The summed E-state index contributed by atoms with van der Waals surface area (Å²) in [5.74, 6) is -0.446. The van der Waals surface area contributed by atoms with Crippen LogP contribution in [0.3, 0.4) is 0 Å². The van der Waals surface area contributed by atoms with Gasteiger partial charge in [0.1, 0.15) is 6.54 Å². The second kappa shape index (κ2) is 6.30.